The van der Waals surface area contributed by atoms with Crippen LogP contribution in [0.5, 0.6) is 5.75 Å². The quantitative estimate of drug-likeness (QED) is 0.757. The lowest BCUT2D eigenvalue weighted by atomic mass is 9.67. The van der Waals surface area contributed by atoms with E-state index in [1.54, 1.807) is 7.11 Å². The normalized spacial score (nSPS) is 29.6. The number of rotatable bonds is 3. The van der Waals surface area contributed by atoms with Crippen LogP contribution in [0.3, 0.4) is 0 Å². The molecule has 1 aliphatic heterocycles. The second kappa shape index (κ2) is 6.54. The molecular formula is C24H27NO3. The minimum atomic E-state index is -0.288. The summed E-state index contributed by atoms with van der Waals surface area (Å²) in [5.74, 6) is 3.38. The summed E-state index contributed by atoms with van der Waals surface area (Å²) in [5, 5.41) is 3.85. The molecule has 2 saturated carbocycles. The fraction of sp³-hybridized carbons (Fsp3) is 0.458. The topological polar surface area (TPSA) is 47.6 Å². The average Bonchev–Trinajstić information content (AvgIpc) is 3.35. The van der Waals surface area contributed by atoms with E-state index < -0.39 is 0 Å². The fourth-order valence-electron chi connectivity index (χ4n) is 6.20. The van der Waals surface area contributed by atoms with Gasteiger partial charge in [-0.15, -0.1) is 0 Å². The van der Waals surface area contributed by atoms with Crippen molar-refractivity contribution in [1.29, 1.82) is 0 Å². The number of anilines is 1. The van der Waals surface area contributed by atoms with Crippen molar-refractivity contribution in [2.45, 2.75) is 38.1 Å². The van der Waals surface area contributed by atoms with Crippen molar-refractivity contribution in [3.8, 4) is 5.75 Å². The third-order valence-electron chi connectivity index (χ3n) is 7.33. The number of hydrogen-bond donors (Lipinski definition) is 1. The Kier molecular flexibility index (Phi) is 4.11. The molecule has 4 heteroatoms. The van der Waals surface area contributed by atoms with Crippen LogP contribution in [-0.2, 0) is 4.74 Å². The molecule has 4 nitrogen and oxygen atoms in total. The molecule has 28 heavy (non-hydrogen) atoms. The molecule has 2 bridgehead atoms. The Morgan fingerprint density at radius 1 is 1.04 bits per heavy atom. The number of ether oxygens (including phenoxy) is 2. The lowest BCUT2D eigenvalue weighted by Gasteiger charge is -2.44. The van der Waals surface area contributed by atoms with Gasteiger partial charge in [-0.2, -0.15) is 0 Å². The van der Waals surface area contributed by atoms with Crippen LogP contribution in [-0.4, -0.2) is 20.2 Å². The van der Waals surface area contributed by atoms with Gasteiger partial charge in [-0.25, -0.2) is 4.79 Å². The molecule has 2 aromatic rings. The van der Waals surface area contributed by atoms with E-state index in [2.05, 4.69) is 36.5 Å². The third kappa shape index (κ3) is 2.47. The number of methoxy groups -OCH3 is 2. The molecule has 146 valence electrons. The predicted molar refractivity (Wildman–Crippen MR) is 109 cm³/mol. The fourth-order valence-corrected chi connectivity index (χ4v) is 6.20. The van der Waals surface area contributed by atoms with Gasteiger partial charge in [0.25, 0.3) is 0 Å². The lowest BCUT2D eigenvalue weighted by molar-refractivity contribution is 0.0600. The van der Waals surface area contributed by atoms with Crippen LogP contribution in [0.15, 0.2) is 36.4 Å². The first-order valence-corrected chi connectivity index (χ1v) is 10.2. The Bertz CT molecular complexity index is 920. The van der Waals surface area contributed by atoms with Crippen molar-refractivity contribution in [2.75, 3.05) is 19.5 Å². The molecule has 0 radical (unpaired) electrons. The van der Waals surface area contributed by atoms with Gasteiger partial charge < -0.3 is 14.8 Å². The summed E-state index contributed by atoms with van der Waals surface area (Å²) < 4.78 is 10.6. The summed E-state index contributed by atoms with van der Waals surface area (Å²) >= 11 is 0. The largest absolute Gasteiger partial charge is 0.495 e. The number of carbonyl (C=O) groups is 1. The maximum absolute atomic E-state index is 11.8. The second-order valence-electron chi connectivity index (χ2n) is 8.55. The van der Waals surface area contributed by atoms with E-state index in [4.69, 9.17) is 9.47 Å². The van der Waals surface area contributed by atoms with E-state index in [0.717, 1.165) is 17.6 Å². The standard InChI is InChI=1S/C24H27NO3/c1-13-4-11-18(27-2)23-19(13)20-16-9-10-17(12-16)21(20)22(25-23)14-5-7-15(8-6-14)24(26)28-3/h4-8,11,16-17,20-22,25H,9-10,12H2,1-3H3/t16-,17-,20-,21+,22-/m0/s1. The monoisotopic (exact) mass is 377 g/mol. The molecule has 0 unspecified atom stereocenters. The van der Waals surface area contributed by atoms with Crippen molar-refractivity contribution in [3.63, 3.8) is 0 Å². The zero-order chi connectivity index (χ0) is 19.4. The van der Waals surface area contributed by atoms with E-state index in [9.17, 15) is 4.79 Å². The van der Waals surface area contributed by atoms with E-state index in [1.807, 2.05) is 12.1 Å². The molecule has 3 aliphatic rings. The average molecular weight is 377 g/mol. The van der Waals surface area contributed by atoms with Crippen molar-refractivity contribution < 1.29 is 14.3 Å². The minimum Gasteiger partial charge on any atom is -0.495 e. The third-order valence-corrected chi connectivity index (χ3v) is 7.33. The number of benzene rings is 2. The lowest BCUT2D eigenvalue weighted by Crippen LogP contribution is -2.36. The van der Waals surface area contributed by atoms with Crippen molar-refractivity contribution >= 4 is 11.7 Å². The number of nitrogens with one attached hydrogen (secondary N) is 1. The van der Waals surface area contributed by atoms with Crippen LogP contribution >= 0.6 is 0 Å². The number of hydrogen-bond acceptors (Lipinski definition) is 4. The summed E-state index contributed by atoms with van der Waals surface area (Å²) in [6.07, 6.45) is 4.02. The van der Waals surface area contributed by atoms with Crippen molar-refractivity contribution in [2.24, 2.45) is 17.8 Å². The van der Waals surface area contributed by atoms with Gasteiger partial charge in [-0.05, 0) is 84.7 Å². The number of esters is 1. The molecule has 2 aliphatic carbocycles. The Morgan fingerprint density at radius 3 is 2.50 bits per heavy atom. The Morgan fingerprint density at radius 2 is 1.79 bits per heavy atom. The Labute approximate surface area is 166 Å². The Hall–Kier alpha value is -2.49. The van der Waals surface area contributed by atoms with E-state index >= 15 is 0 Å². The van der Waals surface area contributed by atoms with Gasteiger partial charge in [0.2, 0.25) is 0 Å². The number of carbonyl (C=O) groups excluding carboxylic acids is 1. The molecule has 0 spiro atoms. The Balaban J connectivity index is 1.60. The van der Waals surface area contributed by atoms with Gasteiger partial charge in [-0.3, -0.25) is 0 Å². The van der Waals surface area contributed by atoms with Crippen LogP contribution in [0.1, 0.15) is 58.3 Å². The zero-order valence-electron chi connectivity index (χ0n) is 16.7. The molecule has 2 aromatic carbocycles. The van der Waals surface area contributed by atoms with Crippen LogP contribution < -0.4 is 10.1 Å². The van der Waals surface area contributed by atoms with Crippen LogP contribution in [0.25, 0.3) is 0 Å². The van der Waals surface area contributed by atoms with Crippen LogP contribution in [0.2, 0.25) is 0 Å². The van der Waals surface area contributed by atoms with Gasteiger partial charge in [0, 0.05) is 0 Å². The number of fused-ring (bicyclic) bond motifs is 7. The minimum absolute atomic E-state index is 0.246. The van der Waals surface area contributed by atoms with E-state index in [0.29, 0.717) is 17.4 Å². The van der Waals surface area contributed by atoms with E-state index in [1.165, 1.54) is 48.8 Å². The highest BCUT2D eigenvalue weighted by Gasteiger charge is 2.54. The summed E-state index contributed by atoms with van der Waals surface area (Å²) in [6.45, 7) is 2.23. The van der Waals surface area contributed by atoms with E-state index in [-0.39, 0.29) is 12.0 Å². The summed E-state index contributed by atoms with van der Waals surface area (Å²) in [6, 6.07) is 12.5. The second-order valence-corrected chi connectivity index (χ2v) is 8.55. The predicted octanol–water partition coefficient (Wildman–Crippen LogP) is 5.09. The molecule has 0 aromatic heterocycles. The molecule has 5 atom stereocenters. The number of aryl methyl sites for hydroxylation is 1. The first-order valence-electron chi connectivity index (χ1n) is 10.2. The summed E-state index contributed by atoms with van der Waals surface area (Å²) in [7, 11) is 3.17. The molecule has 2 fully saturated rings. The van der Waals surface area contributed by atoms with Gasteiger partial charge in [0.15, 0.2) is 0 Å². The first-order chi connectivity index (χ1) is 13.6. The molecular weight excluding hydrogens is 350 g/mol. The SMILES string of the molecule is COC(=O)c1ccc([C@@H]2Nc3c(OC)ccc(C)c3[C@@H]3[C@H]4CC[C@@H](C4)[C@H]32)cc1. The zero-order valence-corrected chi connectivity index (χ0v) is 16.7. The highest BCUT2D eigenvalue weighted by Crippen LogP contribution is 2.65. The molecule has 1 N–H and O–H groups in total. The molecule has 0 amide bonds. The van der Waals surface area contributed by atoms with Crippen molar-refractivity contribution in [1.82, 2.24) is 0 Å². The molecule has 0 saturated heterocycles. The maximum Gasteiger partial charge on any atom is 0.337 e. The van der Waals surface area contributed by atoms with Gasteiger partial charge in [0.05, 0.1) is 31.5 Å². The maximum atomic E-state index is 11.8. The highest BCUT2D eigenvalue weighted by atomic mass is 16.5. The van der Waals surface area contributed by atoms with Crippen LogP contribution in [0.4, 0.5) is 5.69 Å². The van der Waals surface area contributed by atoms with Gasteiger partial charge >= 0.3 is 5.97 Å². The summed E-state index contributed by atoms with van der Waals surface area (Å²) in [4.78, 5) is 11.8. The van der Waals surface area contributed by atoms with Gasteiger partial charge in [-0.1, -0.05) is 18.2 Å². The van der Waals surface area contributed by atoms with Crippen LogP contribution in [0, 0.1) is 24.7 Å². The molecule has 1 heterocycles. The van der Waals surface area contributed by atoms with Gasteiger partial charge in [0.1, 0.15) is 5.75 Å². The molecule has 5 rings (SSSR count). The summed E-state index contributed by atoms with van der Waals surface area (Å²) in [5.41, 5.74) is 5.84. The van der Waals surface area contributed by atoms with Crippen molar-refractivity contribution in [3.05, 3.63) is 58.7 Å². The smallest absolute Gasteiger partial charge is 0.337 e. The highest BCUT2D eigenvalue weighted by molar-refractivity contribution is 5.89. The first kappa shape index (κ1) is 17.6.